The van der Waals surface area contributed by atoms with E-state index in [9.17, 15) is 20.0 Å². The Morgan fingerprint density at radius 2 is 2.26 bits per heavy atom. The van der Waals surface area contributed by atoms with Crippen LogP contribution in [0.1, 0.15) is 30.1 Å². The highest BCUT2D eigenvalue weighted by Gasteiger charge is 2.25. The zero-order valence-electron chi connectivity index (χ0n) is 10.7. The number of Topliss-reactive ketones (excluding diaryl/α,β-unsaturated/α-hetero) is 1. The summed E-state index contributed by atoms with van der Waals surface area (Å²) in [5, 5.41) is 20.8. The molecule has 19 heavy (non-hydrogen) atoms. The van der Waals surface area contributed by atoms with Crippen LogP contribution in [0.3, 0.4) is 0 Å². The van der Waals surface area contributed by atoms with Crippen molar-refractivity contribution in [1.82, 2.24) is 0 Å². The van der Waals surface area contributed by atoms with Gasteiger partial charge in [0, 0.05) is 24.7 Å². The monoisotopic (exact) mass is 264 g/mol. The van der Waals surface area contributed by atoms with E-state index in [0.29, 0.717) is 24.3 Å². The zero-order chi connectivity index (χ0) is 14.0. The Hall–Kier alpha value is -1.95. The van der Waals surface area contributed by atoms with Gasteiger partial charge in [-0.1, -0.05) is 0 Å². The number of hydrogen-bond donors (Lipinski definition) is 1. The molecule has 0 radical (unpaired) electrons. The molecule has 1 saturated heterocycles. The molecule has 1 unspecified atom stereocenters. The van der Waals surface area contributed by atoms with E-state index < -0.39 is 11.0 Å². The quantitative estimate of drug-likeness (QED) is 0.511. The number of nitro groups is 1. The molecule has 2 rings (SSSR count). The molecule has 6 nitrogen and oxygen atoms in total. The van der Waals surface area contributed by atoms with Gasteiger partial charge in [-0.3, -0.25) is 14.9 Å². The van der Waals surface area contributed by atoms with Gasteiger partial charge in [-0.05, 0) is 31.9 Å². The first-order valence-corrected chi connectivity index (χ1v) is 6.21. The summed E-state index contributed by atoms with van der Waals surface area (Å²) in [4.78, 5) is 23.7. The van der Waals surface area contributed by atoms with Crippen LogP contribution in [0, 0.1) is 10.1 Å². The highest BCUT2D eigenvalue weighted by molar-refractivity contribution is 5.95. The van der Waals surface area contributed by atoms with Crippen molar-refractivity contribution in [1.29, 1.82) is 0 Å². The molecule has 1 aromatic carbocycles. The number of rotatable bonds is 3. The second kappa shape index (κ2) is 5.36. The standard InChI is InChI=1S/C13H16N2O4/c1-9(16)10-4-5-12(13(7-10)15(18)19)14-6-2-3-11(17)8-14/h4-5,7,11,17H,2-3,6,8H2,1H3. The van der Waals surface area contributed by atoms with E-state index in [4.69, 9.17) is 0 Å². The minimum absolute atomic E-state index is 0.0817. The first-order valence-electron chi connectivity index (χ1n) is 6.21. The van der Waals surface area contributed by atoms with Gasteiger partial charge < -0.3 is 10.0 Å². The largest absolute Gasteiger partial charge is 0.391 e. The number of hydrogen-bond acceptors (Lipinski definition) is 5. The smallest absolute Gasteiger partial charge is 0.293 e. The fourth-order valence-corrected chi connectivity index (χ4v) is 2.33. The molecule has 1 heterocycles. The van der Waals surface area contributed by atoms with Crippen molar-refractivity contribution in [3.8, 4) is 0 Å². The average molecular weight is 264 g/mol. The summed E-state index contributed by atoms with van der Waals surface area (Å²) in [7, 11) is 0. The normalized spacial score (nSPS) is 19.3. The average Bonchev–Trinajstić information content (AvgIpc) is 2.37. The van der Waals surface area contributed by atoms with E-state index in [2.05, 4.69) is 0 Å². The molecule has 1 fully saturated rings. The number of piperidine rings is 1. The van der Waals surface area contributed by atoms with Gasteiger partial charge in [-0.25, -0.2) is 0 Å². The molecule has 0 aromatic heterocycles. The number of β-amino-alcohol motifs (C(OH)–C–C–N with tert-alkyl or cyclic N) is 1. The van der Waals surface area contributed by atoms with Crippen molar-refractivity contribution >= 4 is 17.2 Å². The maximum absolute atomic E-state index is 11.3. The lowest BCUT2D eigenvalue weighted by atomic mass is 10.1. The van der Waals surface area contributed by atoms with Crippen LogP contribution >= 0.6 is 0 Å². The lowest BCUT2D eigenvalue weighted by molar-refractivity contribution is -0.384. The third kappa shape index (κ3) is 2.90. The van der Waals surface area contributed by atoms with Crippen molar-refractivity contribution in [2.45, 2.75) is 25.9 Å². The molecule has 1 N–H and O–H groups in total. The molecule has 1 aromatic rings. The van der Waals surface area contributed by atoms with Crippen molar-refractivity contribution in [2.24, 2.45) is 0 Å². The Kier molecular flexibility index (Phi) is 3.80. The number of carbonyl (C=O) groups excluding carboxylic acids is 1. The SMILES string of the molecule is CC(=O)c1ccc(N2CCCC(O)C2)c([N+](=O)[O-])c1. The van der Waals surface area contributed by atoms with Gasteiger partial charge in [-0.15, -0.1) is 0 Å². The van der Waals surface area contributed by atoms with Gasteiger partial charge in [0.25, 0.3) is 5.69 Å². The first kappa shape index (κ1) is 13.5. The summed E-state index contributed by atoms with van der Waals surface area (Å²) in [5.41, 5.74) is 0.712. The third-order valence-electron chi connectivity index (χ3n) is 3.32. The van der Waals surface area contributed by atoms with Crippen LogP contribution in [0.15, 0.2) is 18.2 Å². The molecular weight excluding hydrogens is 248 g/mol. The van der Waals surface area contributed by atoms with Gasteiger partial charge in [0.2, 0.25) is 0 Å². The maximum Gasteiger partial charge on any atom is 0.293 e. The lowest BCUT2D eigenvalue weighted by Gasteiger charge is -2.31. The number of ketones is 1. The van der Waals surface area contributed by atoms with E-state index >= 15 is 0 Å². The number of carbonyl (C=O) groups is 1. The van der Waals surface area contributed by atoms with Crippen LogP contribution in [-0.4, -0.2) is 35.0 Å². The van der Waals surface area contributed by atoms with E-state index in [-0.39, 0.29) is 11.5 Å². The van der Waals surface area contributed by atoms with Gasteiger partial charge in [0.15, 0.2) is 5.78 Å². The Morgan fingerprint density at radius 1 is 1.53 bits per heavy atom. The van der Waals surface area contributed by atoms with Gasteiger partial charge in [0.05, 0.1) is 11.0 Å². The summed E-state index contributed by atoms with van der Waals surface area (Å²) < 4.78 is 0. The van der Waals surface area contributed by atoms with Gasteiger partial charge >= 0.3 is 0 Å². The van der Waals surface area contributed by atoms with Gasteiger partial charge in [0.1, 0.15) is 5.69 Å². The van der Waals surface area contributed by atoms with Crippen LogP contribution in [0.5, 0.6) is 0 Å². The summed E-state index contributed by atoms with van der Waals surface area (Å²) >= 11 is 0. The molecule has 1 aliphatic rings. The number of nitro benzene ring substituents is 1. The number of aliphatic hydroxyl groups excluding tert-OH is 1. The number of anilines is 1. The number of benzene rings is 1. The maximum atomic E-state index is 11.3. The van der Waals surface area contributed by atoms with Crippen molar-refractivity contribution < 1.29 is 14.8 Å². The highest BCUT2D eigenvalue weighted by atomic mass is 16.6. The molecule has 0 saturated carbocycles. The predicted molar refractivity (Wildman–Crippen MR) is 70.6 cm³/mol. The van der Waals surface area contributed by atoms with E-state index in [1.807, 2.05) is 0 Å². The Morgan fingerprint density at radius 3 is 2.84 bits per heavy atom. The van der Waals surface area contributed by atoms with E-state index in [0.717, 1.165) is 12.8 Å². The zero-order valence-corrected chi connectivity index (χ0v) is 10.7. The van der Waals surface area contributed by atoms with Crippen LogP contribution < -0.4 is 4.90 Å². The number of aliphatic hydroxyl groups is 1. The molecule has 0 amide bonds. The highest BCUT2D eigenvalue weighted by Crippen LogP contribution is 2.31. The summed E-state index contributed by atoms with van der Waals surface area (Å²) in [6.45, 7) is 2.45. The minimum Gasteiger partial charge on any atom is -0.391 e. The summed E-state index contributed by atoms with van der Waals surface area (Å²) in [6.07, 6.45) is 1.06. The minimum atomic E-state index is -0.483. The van der Waals surface area contributed by atoms with Crippen LogP contribution in [0.25, 0.3) is 0 Å². The molecule has 0 aliphatic carbocycles. The third-order valence-corrected chi connectivity index (χ3v) is 3.32. The first-order chi connectivity index (χ1) is 8.99. The fourth-order valence-electron chi connectivity index (χ4n) is 2.33. The lowest BCUT2D eigenvalue weighted by Crippen LogP contribution is -2.38. The molecule has 1 atom stereocenters. The number of nitrogens with zero attached hydrogens (tertiary/aromatic N) is 2. The van der Waals surface area contributed by atoms with E-state index in [1.54, 1.807) is 17.0 Å². The Balaban J connectivity index is 2.38. The van der Waals surface area contributed by atoms with Crippen LogP contribution in [0.2, 0.25) is 0 Å². The fraction of sp³-hybridized carbons (Fsp3) is 0.462. The predicted octanol–water partition coefficient (Wildman–Crippen LogP) is 1.76. The molecule has 1 aliphatic heterocycles. The van der Waals surface area contributed by atoms with Crippen LogP contribution in [0.4, 0.5) is 11.4 Å². The second-order valence-corrected chi connectivity index (χ2v) is 4.76. The molecular formula is C13H16N2O4. The van der Waals surface area contributed by atoms with Crippen LogP contribution in [-0.2, 0) is 0 Å². The van der Waals surface area contributed by atoms with Crippen molar-refractivity contribution in [3.63, 3.8) is 0 Å². The molecule has 0 spiro atoms. The molecule has 6 heteroatoms. The second-order valence-electron chi connectivity index (χ2n) is 4.76. The Labute approximate surface area is 110 Å². The molecule has 0 bridgehead atoms. The van der Waals surface area contributed by atoms with Crippen molar-refractivity contribution in [3.05, 3.63) is 33.9 Å². The van der Waals surface area contributed by atoms with Gasteiger partial charge in [-0.2, -0.15) is 0 Å². The Bertz CT molecular complexity index is 515. The molecule has 102 valence electrons. The van der Waals surface area contributed by atoms with E-state index in [1.165, 1.54) is 13.0 Å². The van der Waals surface area contributed by atoms with Crippen molar-refractivity contribution in [2.75, 3.05) is 18.0 Å². The summed E-state index contributed by atoms with van der Waals surface area (Å²) in [5.74, 6) is -0.201. The topological polar surface area (TPSA) is 83.7 Å². The summed E-state index contributed by atoms with van der Waals surface area (Å²) in [6, 6.07) is 4.48.